The number of alkyl halides is 1. The number of carbonyl (C=O) groups is 1. The van der Waals surface area contributed by atoms with Crippen LogP contribution >= 0.6 is 0 Å². The van der Waals surface area contributed by atoms with Crippen molar-refractivity contribution in [3.8, 4) is 12.1 Å². The summed E-state index contributed by atoms with van der Waals surface area (Å²) in [4.78, 5) is 15.7. The molecule has 0 aromatic heterocycles. The molecular formula is C24H24FN5O4S. The van der Waals surface area contributed by atoms with Crippen molar-refractivity contribution in [3.63, 3.8) is 0 Å². The van der Waals surface area contributed by atoms with Gasteiger partial charge >= 0.3 is 6.03 Å². The summed E-state index contributed by atoms with van der Waals surface area (Å²) < 4.78 is 41.8. The first kappa shape index (κ1) is 25.8. The van der Waals surface area contributed by atoms with Crippen LogP contribution in [-0.2, 0) is 16.7 Å². The summed E-state index contributed by atoms with van der Waals surface area (Å²) in [6.07, 6.45) is 0.184. The fraction of sp³-hybridized carbons (Fsp3) is 0.292. The van der Waals surface area contributed by atoms with Gasteiger partial charge in [-0.15, -0.1) is 0 Å². The van der Waals surface area contributed by atoms with Gasteiger partial charge in [-0.3, -0.25) is 4.90 Å². The SMILES string of the molecule is CC1=C(C#N)[C@@H](c2ccc(C#N)cc2S(=O)(=O)NCCCO)N(C)C(=O)N1c1cccc(CF)c1. The molecule has 2 aromatic carbocycles. The molecule has 0 radical (unpaired) electrons. The highest BCUT2D eigenvalue weighted by Crippen LogP contribution is 2.40. The van der Waals surface area contributed by atoms with Gasteiger partial charge in [0.2, 0.25) is 10.0 Å². The molecule has 0 saturated heterocycles. The lowest BCUT2D eigenvalue weighted by molar-refractivity contribution is 0.202. The van der Waals surface area contributed by atoms with Crippen LogP contribution in [0.2, 0.25) is 0 Å². The number of hydrogen-bond donors (Lipinski definition) is 2. The average Bonchev–Trinajstić information content (AvgIpc) is 2.86. The minimum Gasteiger partial charge on any atom is -0.396 e. The molecule has 1 aliphatic heterocycles. The lowest BCUT2D eigenvalue weighted by Gasteiger charge is -2.40. The van der Waals surface area contributed by atoms with Gasteiger partial charge in [0.25, 0.3) is 0 Å². The van der Waals surface area contributed by atoms with E-state index in [-0.39, 0.29) is 46.9 Å². The van der Waals surface area contributed by atoms with E-state index in [1.165, 1.54) is 41.1 Å². The highest BCUT2D eigenvalue weighted by atomic mass is 32.2. The molecule has 1 heterocycles. The fourth-order valence-corrected chi connectivity index (χ4v) is 5.28. The molecule has 11 heteroatoms. The molecule has 2 aromatic rings. The molecule has 3 rings (SSSR count). The van der Waals surface area contributed by atoms with Crippen molar-refractivity contribution in [2.24, 2.45) is 0 Å². The Labute approximate surface area is 203 Å². The number of aliphatic hydroxyl groups excluding tert-OH is 1. The van der Waals surface area contributed by atoms with E-state index in [1.807, 2.05) is 6.07 Å². The van der Waals surface area contributed by atoms with Crippen molar-refractivity contribution in [1.82, 2.24) is 9.62 Å². The zero-order valence-electron chi connectivity index (χ0n) is 19.2. The van der Waals surface area contributed by atoms with E-state index in [2.05, 4.69) is 10.8 Å². The molecule has 0 fully saturated rings. The van der Waals surface area contributed by atoms with Gasteiger partial charge in [0.15, 0.2) is 0 Å². The Morgan fingerprint density at radius 2 is 1.91 bits per heavy atom. The fourth-order valence-electron chi connectivity index (χ4n) is 3.94. The smallest absolute Gasteiger partial charge is 0.329 e. The first-order valence-electron chi connectivity index (χ1n) is 10.7. The number of halogens is 1. The normalized spacial score (nSPS) is 16.3. The van der Waals surface area contributed by atoms with E-state index in [9.17, 15) is 28.1 Å². The van der Waals surface area contributed by atoms with Crippen LogP contribution < -0.4 is 9.62 Å². The molecule has 35 heavy (non-hydrogen) atoms. The molecule has 0 saturated carbocycles. The van der Waals surface area contributed by atoms with Crippen molar-refractivity contribution in [2.75, 3.05) is 25.1 Å². The Morgan fingerprint density at radius 1 is 1.17 bits per heavy atom. The number of aliphatic hydroxyl groups is 1. The number of likely N-dealkylation sites (N-methyl/N-ethyl adjacent to an activating group) is 1. The number of urea groups is 1. The first-order chi connectivity index (χ1) is 16.7. The summed E-state index contributed by atoms with van der Waals surface area (Å²) in [5, 5.41) is 28.4. The van der Waals surface area contributed by atoms with Crippen LogP contribution in [0.4, 0.5) is 14.9 Å². The summed E-state index contributed by atoms with van der Waals surface area (Å²) in [5.74, 6) is 0. The quantitative estimate of drug-likeness (QED) is 0.538. The Morgan fingerprint density at radius 3 is 2.54 bits per heavy atom. The monoisotopic (exact) mass is 497 g/mol. The lowest BCUT2D eigenvalue weighted by Crippen LogP contribution is -2.48. The third kappa shape index (κ3) is 5.03. The van der Waals surface area contributed by atoms with E-state index in [0.717, 1.165) is 0 Å². The number of nitrogens with zero attached hydrogens (tertiary/aromatic N) is 4. The number of nitriles is 2. The zero-order valence-corrected chi connectivity index (χ0v) is 20.0. The third-order valence-electron chi connectivity index (χ3n) is 5.68. The van der Waals surface area contributed by atoms with Crippen LogP contribution in [0.5, 0.6) is 0 Å². The molecule has 2 N–H and O–H groups in total. The summed E-state index contributed by atoms with van der Waals surface area (Å²) in [6, 6.07) is 12.7. The Hall–Kier alpha value is -3.77. The first-order valence-corrected chi connectivity index (χ1v) is 12.2. The zero-order chi connectivity index (χ0) is 25.8. The minimum absolute atomic E-state index is 0.0346. The van der Waals surface area contributed by atoms with E-state index >= 15 is 0 Å². The van der Waals surface area contributed by atoms with E-state index < -0.39 is 28.8 Å². The Kier molecular flexibility index (Phi) is 7.87. The molecule has 0 bridgehead atoms. The molecule has 182 valence electrons. The van der Waals surface area contributed by atoms with Gasteiger partial charge in [-0.25, -0.2) is 22.3 Å². The van der Waals surface area contributed by atoms with Crippen LogP contribution in [0.15, 0.2) is 58.6 Å². The molecular weight excluding hydrogens is 473 g/mol. The summed E-state index contributed by atoms with van der Waals surface area (Å²) in [5.41, 5.74) is 1.36. The molecule has 0 spiro atoms. The number of nitrogens with one attached hydrogen (secondary N) is 1. The molecule has 0 unspecified atom stereocenters. The number of hydrogen-bond acceptors (Lipinski definition) is 6. The van der Waals surface area contributed by atoms with Gasteiger partial charge in [0, 0.05) is 31.5 Å². The van der Waals surface area contributed by atoms with Gasteiger partial charge < -0.3 is 10.0 Å². The second kappa shape index (κ2) is 10.7. The number of amides is 2. The molecule has 2 amide bonds. The molecule has 9 nitrogen and oxygen atoms in total. The number of carbonyl (C=O) groups excluding carboxylic acids is 1. The summed E-state index contributed by atoms with van der Waals surface area (Å²) in [7, 11) is -2.71. The van der Waals surface area contributed by atoms with Crippen molar-refractivity contribution >= 4 is 21.7 Å². The highest BCUT2D eigenvalue weighted by Gasteiger charge is 2.40. The van der Waals surface area contributed by atoms with E-state index in [1.54, 1.807) is 25.1 Å². The van der Waals surface area contributed by atoms with Crippen LogP contribution in [0.25, 0.3) is 0 Å². The van der Waals surface area contributed by atoms with Crippen LogP contribution in [-0.4, -0.2) is 44.7 Å². The predicted molar refractivity (Wildman–Crippen MR) is 126 cm³/mol. The maximum Gasteiger partial charge on any atom is 0.329 e. The Bertz CT molecular complexity index is 1360. The van der Waals surface area contributed by atoms with Gasteiger partial charge in [-0.2, -0.15) is 10.5 Å². The lowest BCUT2D eigenvalue weighted by atomic mass is 9.93. The topological polar surface area (TPSA) is 138 Å². The van der Waals surface area contributed by atoms with Gasteiger partial charge in [0.1, 0.15) is 6.67 Å². The maximum atomic E-state index is 13.4. The van der Waals surface area contributed by atoms with Gasteiger partial charge in [0.05, 0.1) is 39.9 Å². The van der Waals surface area contributed by atoms with E-state index in [4.69, 9.17) is 5.11 Å². The second-order valence-electron chi connectivity index (χ2n) is 7.89. The van der Waals surface area contributed by atoms with Crippen molar-refractivity contribution < 1.29 is 22.7 Å². The molecule has 0 aliphatic carbocycles. The minimum atomic E-state index is -4.15. The van der Waals surface area contributed by atoms with Crippen LogP contribution in [0, 0.1) is 22.7 Å². The summed E-state index contributed by atoms with van der Waals surface area (Å²) in [6.45, 7) is 0.592. The predicted octanol–water partition coefficient (Wildman–Crippen LogP) is 3.10. The molecule has 1 aliphatic rings. The maximum absolute atomic E-state index is 13.4. The number of anilines is 1. The van der Waals surface area contributed by atoms with Crippen LogP contribution in [0.1, 0.15) is 36.1 Å². The number of allylic oxidation sites excluding steroid dienone is 1. The van der Waals surface area contributed by atoms with Gasteiger partial charge in [-0.05, 0) is 43.2 Å². The number of rotatable bonds is 8. The van der Waals surface area contributed by atoms with Crippen LogP contribution in [0.3, 0.4) is 0 Å². The molecule has 1 atom stereocenters. The number of benzene rings is 2. The summed E-state index contributed by atoms with van der Waals surface area (Å²) >= 11 is 0. The van der Waals surface area contributed by atoms with Gasteiger partial charge in [-0.1, -0.05) is 18.2 Å². The average molecular weight is 498 g/mol. The van der Waals surface area contributed by atoms with Crippen molar-refractivity contribution in [1.29, 1.82) is 10.5 Å². The largest absolute Gasteiger partial charge is 0.396 e. The number of sulfonamides is 1. The standard InChI is InChI=1S/C24H24FN5O4S/c1-16-21(15-27)23(29(2)24(32)30(16)19-6-3-5-17(11-19)13-25)20-8-7-18(14-26)12-22(20)35(33,34)28-9-4-10-31/h3,5-8,11-12,23,28,31H,4,9-10,13H2,1-2H3/t23-/m1/s1. The van der Waals surface area contributed by atoms with E-state index in [0.29, 0.717) is 11.3 Å². The Balaban J connectivity index is 2.20. The second-order valence-corrected chi connectivity index (χ2v) is 9.62. The van der Waals surface area contributed by atoms with Crippen molar-refractivity contribution in [3.05, 3.63) is 70.4 Å². The van der Waals surface area contributed by atoms with Crippen molar-refractivity contribution in [2.45, 2.75) is 31.0 Å². The third-order valence-corrected chi connectivity index (χ3v) is 7.19. The highest BCUT2D eigenvalue weighted by molar-refractivity contribution is 7.89.